The zero-order chi connectivity index (χ0) is 13.2. The summed E-state index contributed by atoms with van der Waals surface area (Å²) < 4.78 is 12.1. The Kier molecular flexibility index (Phi) is 3.00. The molecule has 19 heavy (non-hydrogen) atoms. The minimum absolute atomic E-state index is 0.437. The van der Waals surface area contributed by atoms with Crippen LogP contribution in [0.1, 0.15) is 11.4 Å². The molecule has 0 radical (unpaired) electrons. The first-order valence-corrected chi connectivity index (χ1v) is 6.03. The first-order valence-electron chi connectivity index (χ1n) is 6.03. The zero-order valence-corrected chi connectivity index (χ0v) is 10.8. The number of fused-ring (bicyclic) bond motifs is 1. The third kappa shape index (κ3) is 2.34. The van der Waals surface area contributed by atoms with Crippen molar-refractivity contribution < 1.29 is 9.26 Å². The topological polar surface area (TPSA) is 65.5 Å². The van der Waals surface area contributed by atoms with Gasteiger partial charge in [-0.25, -0.2) is 4.98 Å². The van der Waals surface area contributed by atoms with E-state index in [2.05, 4.69) is 15.1 Å². The second kappa shape index (κ2) is 4.81. The SMILES string of the molecule is COCCc1noc(-c2cn3cc(C)ccc3n2)n1. The minimum atomic E-state index is 0.437. The third-order valence-corrected chi connectivity index (χ3v) is 2.82. The van der Waals surface area contributed by atoms with Gasteiger partial charge in [0.05, 0.1) is 6.61 Å². The van der Waals surface area contributed by atoms with E-state index in [9.17, 15) is 0 Å². The average molecular weight is 258 g/mol. The van der Waals surface area contributed by atoms with Gasteiger partial charge in [0.25, 0.3) is 5.89 Å². The number of hydrogen-bond donors (Lipinski definition) is 0. The number of aryl methyl sites for hydroxylation is 1. The van der Waals surface area contributed by atoms with Crippen LogP contribution >= 0.6 is 0 Å². The molecule has 0 saturated heterocycles. The Hall–Kier alpha value is -2.21. The average Bonchev–Trinajstić information content (AvgIpc) is 3.01. The number of methoxy groups -OCH3 is 1. The summed E-state index contributed by atoms with van der Waals surface area (Å²) in [5.74, 6) is 1.07. The molecule has 3 aromatic rings. The number of rotatable bonds is 4. The van der Waals surface area contributed by atoms with Crippen molar-refractivity contribution in [2.24, 2.45) is 0 Å². The van der Waals surface area contributed by atoms with Crippen molar-refractivity contribution in [2.45, 2.75) is 13.3 Å². The molecule has 0 amide bonds. The van der Waals surface area contributed by atoms with Crippen LogP contribution < -0.4 is 0 Å². The fourth-order valence-electron chi connectivity index (χ4n) is 1.86. The van der Waals surface area contributed by atoms with Crippen LogP contribution in [0.5, 0.6) is 0 Å². The fraction of sp³-hybridized carbons (Fsp3) is 0.308. The number of nitrogens with zero attached hydrogens (tertiary/aromatic N) is 4. The highest BCUT2D eigenvalue weighted by Crippen LogP contribution is 2.17. The van der Waals surface area contributed by atoms with Gasteiger partial charge in [0.1, 0.15) is 11.3 Å². The molecule has 0 atom stereocenters. The summed E-state index contributed by atoms with van der Waals surface area (Å²) in [6.45, 7) is 2.61. The second-order valence-corrected chi connectivity index (χ2v) is 4.36. The first-order chi connectivity index (χ1) is 9.26. The van der Waals surface area contributed by atoms with Gasteiger partial charge < -0.3 is 13.7 Å². The molecule has 98 valence electrons. The van der Waals surface area contributed by atoms with Gasteiger partial charge in [0.2, 0.25) is 0 Å². The molecule has 0 unspecified atom stereocenters. The highest BCUT2D eigenvalue weighted by molar-refractivity contribution is 5.54. The van der Waals surface area contributed by atoms with Gasteiger partial charge in [0.15, 0.2) is 5.82 Å². The van der Waals surface area contributed by atoms with E-state index in [1.165, 1.54) is 5.56 Å². The highest BCUT2D eigenvalue weighted by Gasteiger charge is 2.12. The van der Waals surface area contributed by atoms with Crippen molar-refractivity contribution in [3.05, 3.63) is 35.9 Å². The molecule has 0 fully saturated rings. The molecule has 0 aliphatic rings. The molecular weight excluding hydrogens is 244 g/mol. The molecule has 0 saturated carbocycles. The van der Waals surface area contributed by atoms with Crippen LogP contribution in [0.2, 0.25) is 0 Å². The van der Waals surface area contributed by atoms with Crippen LogP contribution in [0.25, 0.3) is 17.2 Å². The molecule has 3 heterocycles. The maximum Gasteiger partial charge on any atom is 0.278 e. The molecule has 6 heteroatoms. The van der Waals surface area contributed by atoms with Crippen LogP contribution in [-0.2, 0) is 11.2 Å². The van der Waals surface area contributed by atoms with Crippen molar-refractivity contribution in [1.29, 1.82) is 0 Å². The van der Waals surface area contributed by atoms with Crippen LogP contribution in [0.3, 0.4) is 0 Å². The maximum absolute atomic E-state index is 5.22. The molecule has 0 N–H and O–H groups in total. The predicted octanol–water partition coefficient (Wildman–Crippen LogP) is 1.88. The Bertz CT molecular complexity index is 702. The van der Waals surface area contributed by atoms with Crippen LogP contribution in [0.15, 0.2) is 29.0 Å². The molecule has 0 aliphatic carbocycles. The Labute approximate surface area is 110 Å². The molecule has 0 aromatic carbocycles. The normalized spacial score (nSPS) is 11.3. The maximum atomic E-state index is 5.22. The minimum Gasteiger partial charge on any atom is -0.384 e. The summed E-state index contributed by atoms with van der Waals surface area (Å²) in [5, 5.41) is 3.90. The highest BCUT2D eigenvalue weighted by atomic mass is 16.5. The first kappa shape index (κ1) is 11.9. The van der Waals surface area contributed by atoms with Crippen LogP contribution in [0.4, 0.5) is 0 Å². The second-order valence-electron chi connectivity index (χ2n) is 4.36. The number of aromatic nitrogens is 4. The molecule has 0 aliphatic heterocycles. The van der Waals surface area contributed by atoms with Gasteiger partial charge in [-0.3, -0.25) is 0 Å². The van der Waals surface area contributed by atoms with Gasteiger partial charge in [0, 0.05) is 25.9 Å². The van der Waals surface area contributed by atoms with Crippen LogP contribution in [0, 0.1) is 6.92 Å². The van der Waals surface area contributed by atoms with E-state index in [1.54, 1.807) is 7.11 Å². The molecular formula is C13H14N4O2. The molecule has 3 aromatic heterocycles. The van der Waals surface area contributed by atoms with Crippen molar-refractivity contribution in [1.82, 2.24) is 19.5 Å². The van der Waals surface area contributed by atoms with Crippen molar-refractivity contribution >= 4 is 5.65 Å². The third-order valence-electron chi connectivity index (χ3n) is 2.82. The van der Waals surface area contributed by atoms with E-state index in [0.29, 0.717) is 30.4 Å². The van der Waals surface area contributed by atoms with Crippen molar-refractivity contribution in [3.8, 4) is 11.6 Å². The van der Waals surface area contributed by atoms with E-state index >= 15 is 0 Å². The van der Waals surface area contributed by atoms with Gasteiger partial charge in [-0.15, -0.1) is 0 Å². The summed E-state index contributed by atoms with van der Waals surface area (Å²) in [6.07, 6.45) is 4.52. The van der Waals surface area contributed by atoms with E-state index in [-0.39, 0.29) is 0 Å². The lowest BCUT2D eigenvalue weighted by Gasteiger charge is -1.92. The Morgan fingerprint density at radius 1 is 1.26 bits per heavy atom. The summed E-state index contributed by atoms with van der Waals surface area (Å²) in [7, 11) is 1.64. The van der Waals surface area contributed by atoms with E-state index in [1.807, 2.05) is 35.9 Å². The summed E-state index contributed by atoms with van der Waals surface area (Å²) in [4.78, 5) is 8.76. The number of hydrogen-bond acceptors (Lipinski definition) is 5. The van der Waals surface area contributed by atoms with Gasteiger partial charge in [-0.05, 0) is 18.6 Å². The summed E-state index contributed by atoms with van der Waals surface area (Å²) >= 11 is 0. The van der Waals surface area contributed by atoms with Gasteiger partial charge in [-0.1, -0.05) is 11.2 Å². The lowest BCUT2D eigenvalue weighted by atomic mass is 10.3. The summed E-state index contributed by atoms with van der Waals surface area (Å²) in [5.41, 5.74) is 2.71. The molecule has 3 rings (SSSR count). The van der Waals surface area contributed by atoms with E-state index in [4.69, 9.17) is 9.26 Å². The Morgan fingerprint density at radius 3 is 3.00 bits per heavy atom. The molecule has 0 bridgehead atoms. The lowest BCUT2D eigenvalue weighted by Crippen LogP contribution is -1.96. The predicted molar refractivity (Wildman–Crippen MR) is 68.8 cm³/mol. The van der Waals surface area contributed by atoms with E-state index in [0.717, 1.165) is 5.65 Å². The number of imidazole rings is 1. The van der Waals surface area contributed by atoms with Crippen LogP contribution in [-0.4, -0.2) is 33.2 Å². The monoisotopic (exact) mass is 258 g/mol. The molecule has 0 spiro atoms. The Balaban J connectivity index is 1.92. The Morgan fingerprint density at radius 2 is 2.16 bits per heavy atom. The zero-order valence-electron chi connectivity index (χ0n) is 10.8. The van der Waals surface area contributed by atoms with Gasteiger partial charge >= 0.3 is 0 Å². The van der Waals surface area contributed by atoms with Crippen molar-refractivity contribution in [2.75, 3.05) is 13.7 Å². The van der Waals surface area contributed by atoms with E-state index < -0.39 is 0 Å². The lowest BCUT2D eigenvalue weighted by molar-refractivity contribution is 0.199. The quantitative estimate of drug-likeness (QED) is 0.715. The standard InChI is InChI=1S/C13H14N4O2/c1-9-3-4-12-14-10(8-17(12)7-9)13-15-11(16-19-13)5-6-18-2/h3-4,7-8H,5-6H2,1-2H3. The fourth-order valence-corrected chi connectivity index (χ4v) is 1.86. The van der Waals surface area contributed by atoms with Crippen molar-refractivity contribution in [3.63, 3.8) is 0 Å². The summed E-state index contributed by atoms with van der Waals surface area (Å²) in [6, 6.07) is 3.98. The number of pyridine rings is 1. The largest absolute Gasteiger partial charge is 0.384 e. The number of ether oxygens (including phenoxy) is 1. The van der Waals surface area contributed by atoms with Gasteiger partial charge in [-0.2, -0.15) is 4.98 Å². The molecule has 6 nitrogen and oxygen atoms in total. The smallest absolute Gasteiger partial charge is 0.278 e.